The van der Waals surface area contributed by atoms with Gasteiger partial charge in [-0.2, -0.15) is 0 Å². The zero-order valence-electron chi connectivity index (χ0n) is 9.27. The number of amides is 2. The lowest BCUT2D eigenvalue weighted by atomic mass is 9.97. The summed E-state index contributed by atoms with van der Waals surface area (Å²) in [6.07, 6.45) is 0. The van der Waals surface area contributed by atoms with Gasteiger partial charge in [-0.05, 0) is 24.6 Å². The Bertz CT molecular complexity index is 444. The van der Waals surface area contributed by atoms with Crippen LogP contribution in [0.15, 0.2) is 24.3 Å². The van der Waals surface area contributed by atoms with Crippen molar-refractivity contribution in [1.82, 2.24) is 5.32 Å². The van der Waals surface area contributed by atoms with Gasteiger partial charge in [0.15, 0.2) is 0 Å². The average molecular weight is 254 g/mol. The van der Waals surface area contributed by atoms with Gasteiger partial charge >= 0.3 is 0 Å². The van der Waals surface area contributed by atoms with E-state index in [1.165, 1.54) is 0 Å². The van der Waals surface area contributed by atoms with E-state index in [9.17, 15) is 9.59 Å². The smallest absolute Gasteiger partial charge is 0.245 e. The summed E-state index contributed by atoms with van der Waals surface area (Å²) in [5, 5.41) is 1.38. The number of carbonyl (C=O) groups excluding carboxylic acids is 2. The normalized spacial score (nSPS) is 23.6. The van der Waals surface area contributed by atoms with E-state index in [1.807, 2.05) is 6.92 Å². The van der Waals surface area contributed by atoms with Crippen LogP contribution >= 0.6 is 11.6 Å². The van der Waals surface area contributed by atoms with Gasteiger partial charge in [0.25, 0.3) is 0 Å². The van der Waals surface area contributed by atoms with Crippen LogP contribution in [0.3, 0.4) is 0 Å². The van der Waals surface area contributed by atoms with E-state index >= 15 is 0 Å². The summed E-state index contributed by atoms with van der Waals surface area (Å²) in [5.41, 5.74) is 0.719. The highest BCUT2D eigenvalue weighted by Gasteiger charge is 2.41. The molecule has 2 amide bonds. The Hall–Kier alpha value is -1.55. The van der Waals surface area contributed by atoms with Crippen molar-refractivity contribution in [3.05, 3.63) is 29.8 Å². The Kier molecular flexibility index (Phi) is 3.33. The summed E-state index contributed by atoms with van der Waals surface area (Å²) < 4.78 is 5.30. The molecular formula is C12H12ClNO3. The number of benzene rings is 1. The molecule has 0 bridgehead atoms. The Morgan fingerprint density at radius 3 is 2.35 bits per heavy atom. The third-order valence-corrected chi connectivity index (χ3v) is 3.07. The first-order valence-electron chi connectivity index (χ1n) is 5.35. The van der Waals surface area contributed by atoms with E-state index < -0.39 is 17.2 Å². The predicted molar refractivity (Wildman–Crippen MR) is 63.1 cm³/mol. The number of rotatable bonds is 3. The lowest BCUT2D eigenvalue weighted by molar-refractivity contribution is -0.125. The molecule has 0 saturated carbocycles. The quantitative estimate of drug-likeness (QED) is 0.655. The van der Waals surface area contributed by atoms with Gasteiger partial charge in [0, 0.05) is 0 Å². The van der Waals surface area contributed by atoms with Crippen LogP contribution in [0.4, 0.5) is 0 Å². The largest absolute Gasteiger partial charge is 0.494 e. The van der Waals surface area contributed by atoms with Gasteiger partial charge in [-0.25, -0.2) is 0 Å². The summed E-state index contributed by atoms with van der Waals surface area (Å²) in [5.74, 6) is -0.665. The Labute approximate surface area is 104 Å². The molecule has 1 heterocycles. The average Bonchev–Trinajstić information content (AvgIpc) is 2.55. The van der Waals surface area contributed by atoms with E-state index in [0.29, 0.717) is 6.61 Å². The zero-order chi connectivity index (χ0) is 12.4. The van der Waals surface area contributed by atoms with Gasteiger partial charge in [-0.1, -0.05) is 12.1 Å². The van der Waals surface area contributed by atoms with E-state index in [2.05, 4.69) is 5.32 Å². The molecule has 0 radical (unpaired) electrons. The molecular weight excluding hydrogens is 242 g/mol. The fourth-order valence-corrected chi connectivity index (χ4v) is 2.13. The molecule has 4 nitrogen and oxygen atoms in total. The molecule has 0 aromatic heterocycles. The first-order valence-corrected chi connectivity index (χ1v) is 5.78. The number of nitrogens with one attached hydrogen (secondary N) is 1. The minimum absolute atomic E-state index is 0.348. The number of ether oxygens (including phenoxy) is 1. The molecule has 5 heteroatoms. The van der Waals surface area contributed by atoms with Gasteiger partial charge in [0.05, 0.1) is 12.5 Å². The zero-order valence-corrected chi connectivity index (χ0v) is 10.0. The Morgan fingerprint density at radius 1 is 1.24 bits per heavy atom. The van der Waals surface area contributed by atoms with E-state index in [0.717, 1.165) is 11.3 Å². The predicted octanol–water partition coefficient (Wildman–Crippen LogP) is 1.43. The van der Waals surface area contributed by atoms with Crippen molar-refractivity contribution in [2.24, 2.45) is 0 Å². The van der Waals surface area contributed by atoms with Crippen LogP contribution in [-0.4, -0.2) is 23.8 Å². The van der Waals surface area contributed by atoms with Crippen LogP contribution in [-0.2, 0) is 9.59 Å². The number of imide groups is 1. The molecule has 1 aliphatic rings. The highest BCUT2D eigenvalue weighted by Crippen LogP contribution is 2.29. The van der Waals surface area contributed by atoms with Crippen molar-refractivity contribution in [3.8, 4) is 5.75 Å². The van der Waals surface area contributed by atoms with E-state index in [-0.39, 0.29) is 5.91 Å². The monoisotopic (exact) mass is 253 g/mol. The molecule has 1 fully saturated rings. The molecule has 1 aromatic rings. The Morgan fingerprint density at radius 2 is 1.88 bits per heavy atom. The number of halogens is 1. The lowest BCUT2D eigenvalue weighted by Gasteiger charge is -2.10. The van der Waals surface area contributed by atoms with Gasteiger partial charge in [-0.15, -0.1) is 11.6 Å². The fraction of sp³-hybridized carbons (Fsp3) is 0.333. The number of alkyl halides is 1. The summed E-state index contributed by atoms with van der Waals surface area (Å²) in [4.78, 5) is 22.8. The molecule has 2 atom stereocenters. The van der Waals surface area contributed by atoms with Crippen molar-refractivity contribution in [1.29, 1.82) is 0 Å². The minimum atomic E-state index is -0.833. The molecule has 1 saturated heterocycles. The molecule has 0 aliphatic carbocycles. The van der Waals surface area contributed by atoms with Crippen molar-refractivity contribution in [2.45, 2.75) is 18.2 Å². The van der Waals surface area contributed by atoms with Crippen molar-refractivity contribution in [3.63, 3.8) is 0 Å². The summed E-state index contributed by atoms with van der Waals surface area (Å²) in [6.45, 7) is 2.48. The van der Waals surface area contributed by atoms with Crippen LogP contribution in [0.5, 0.6) is 5.75 Å². The fourth-order valence-electron chi connectivity index (χ4n) is 1.81. The second kappa shape index (κ2) is 4.75. The summed E-state index contributed by atoms with van der Waals surface area (Å²) in [7, 11) is 0. The standard InChI is InChI=1S/C12H12ClNO3/c1-2-17-8-5-3-7(4-6-8)9-10(13)12(16)14-11(9)15/h3-6,9-10H,2H2,1H3,(H,14,15,16). The minimum Gasteiger partial charge on any atom is -0.494 e. The first kappa shape index (κ1) is 11.9. The van der Waals surface area contributed by atoms with Crippen molar-refractivity contribution in [2.75, 3.05) is 6.61 Å². The van der Waals surface area contributed by atoms with Crippen molar-refractivity contribution >= 4 is 23.4 Å². The molecule has 2 rings (SSSR count). The lowest BCUT2D eigenvalue weighted by Crippen LogP contribution is -2.22. The van der Waals surface area contributed by atoms with Crippen LogP contribution in [0.2, 0.25) is 0 Å². The summed E-state index contributed by atoms with van der Waals surface area (Å²) >= 11 is 5.89. The van der Waals surface area contributed by atoms with Gasteiger partial charge in [0.1, 0.15) is 11.1 Å². The third kappa shape index (κ3) is 2.26. The first-order chi connectivity index (χ1) is 8.13. The van der Waals surface area contributed by atoms with Crippen LogP contribution in [0.25, 0.3) is 0 Å². The van der Waals surface area contributed by atoms with Gasteiger partial charge in [0.2, 0.25) is 11.8 Å². The molecule has 1 aliphatic heterocycles. The van der Waals surface area contributed by atoms with Crippen molar-refractivity contribution < 1.29 is 14.3 Å². The molecule has 1 aromatic carbocycles. The van der Waals surface area contributed by atoms with E-state index in [1.54, 1.807) is 24.3 Å². The molecule has 2 unspecified atom stereocenters. The SMILES string of the molecule is CCOc1ccc(C2C(=O)NC(=O)C2Cl)cc1. The molecule has 17 heavy (non-hydrogen) atoms. The highest BCUT2D eigenvalue weighted by molar-refractivity contribution is 6.37. The number of hydrogen-bond acceptors (Lipinski definition) is 3. The third-order valence-electron chi connectivity index (χ3n) is 2.62. The number of hydrogen-bond donors (Lipinski definition) is 1. The molecule has 90 valence electrons. The maximum atomic E-state index is 11.6. The topological polar surface area (TPSA) is 55.4 Å². The van der Waals surface area contributed by atoms with Crippen LogP contribution in [0.1, 0.15) is 18.4 Å². The maximum absolute atomic E-state index is 11.6. The maximum Gasteiger partial charge on any atom is 0.245 e. The van der Waals surface area contributed by atoms with Crippen LogP contribution in [0, 0.1) is 0 Å². The summed E-state index contributed by atoms with van der Waals surface area (Å²) in [6, 6.07) is 7.03. The molecule has 1 N–H and O–H groups in total. The van der Waals surface area contributed by atoms with Gasteiger partial charge < -0.3 is 4.74 Å². The number of carbonyl (C=O) groups is 2. The highest BCUT2D eigenvalue weighted by atomic mass is 35.5. The second-order valence-corrected chi connectivity index (χ2v) is 4.21. The van der Waals surface area contributed by atoms with Gasteiger partial charge in [-0.3, -0.25) is 14.9 Å². The van der Waals surface area contributed by atoms with Crippen LogP contribution < -0.4 is 10.1 Å². The Balaban J connectivity index is 2.22. The second-order valence-electron chi connectivity index (χ2n) is 3.73. The van der Waals surface area contributed by atoms with E-state index in [4.69, 9.17) is 16.3 Å². The molecule has 0 spiro atoms.